The normalized spacial score (nSPS) is 25.5. The van der Waals surface area contributed by atoms with E-state index in [1.54, 1.807) is 18.2 Å². The van der Waals surface area contributed by atoms with Gasteiger partial charge in [-0.2, -0.15) is 5.26 Å². The fourth-order valence-corrected chi connectivity index (χ4v) is 5.12. The second-order valence-corrected chi connectivity index (χ2v) is 11.9. The zero-order chi connectivity index (χ0) is 24.6. The molecule has 33 heavy (non-hydrogen) atoms. The quantitative estimate of drug-likeness (QED) is 0.490. The summed E-state index contributed by atoms with van der Waals surface area (Å²) in [4.78, 5) is 13.5. The summed E-state index contributed by atoms with van der Waals surface area (Å²) in [6.45, 7) is 11.9. The van der Waals surface area contributed by atoms with Crippen LogP contribution in [0.15, 0.2) is 48.5 Å². The molecule has 0 unspecified atom stereocenters. The fraction of sp³-hybridized carbons (Fsp3) is 0.481. The number of nitrogens with zero attached hydrogens (tertiary/aromatic N) is 1. The van der Waals surface area contributed by atoms with Crippen molar-refractivity contribution in [1.29, 1.82) is 5.26 Å². The first kappa shape index (κ1) is 25.6. The molecule has 0 amide bonds. The Labute approximate surface area is 207 Å². The molecule has 0 aromatic heterocycles. The van der Waals surface area contributed by atoms with Gasteiger partial charge in [0, 0.05) is 22.0 Å². The molecule has 1 aliphatic heterocycles. The van der Waals surface area contributed by atoms with Crippen LogP contribution < -0.4 is 5.32 Å². The lowest BCUT2D eigenvalue weighted by Gasteiger charge is -2.37. The number of ether oxygens (including phenoxy) is 1. The first-order chi connectivity index (χ1) is 15.3. The molecule has 176 valence electrons. The lowest BCUT2D eigenvalue weighted by molar-refractivity contribution is -0.157. The van der Waals surface area contributed by atoms with Crippen LogP contribution in [-0.4, -0.2) is 23.7 Å². The van der Waals surface area contributed by atoms with E-state index >= 15 is 0 Å². The molecule has 0 bridgehead atoms. The highest BCUT2D eigenvalue weighted by molar-refractivity contribution is 6.30. The molecule has 1 heterocycles. The fourth-order valence-electron chi connectivity index (χ4n) is 4.80. The number of hydrogen-bond acceptors (Lipinski definition) is 4. The molecule has 2 aromatic carbocycles. The van der Waals surface area contributed by atoms with Crippen LogP contribution >= 0.6 is 23.2 Å². The van der Waals surface area contributed by atoms with Crippen LogP contribution in [0.5, 0.6) is 0 Å². The minimum Gasteiger partial charge on any atom is -0.459 e. The summed E-state index contributed by atoms with van der Waals surface area (Å²) in [5.74, 6) is -0.887. The number of nitrogens with one attached hydrogen (secondary N) is 1. The minimum atomic E-state index is -1.04. The zero-order valence-corrected chi connectivity index (χ0v) is 21.6. The molecule has 1 N–H and O–H groups in total. The highest BCUT2D eigenvalue weighted by atomic mass is 35.5. The highest BCUT2D eigenvalue weighted by Gasteiger charge is 2.60. The third kappa shape index (κ3) is 5.54. The zero-order valence-electron chi connectivity index (χ0n) is 20.1. The number of rotatable bonds is 4. The van der Waals surface area contributed by atoms with Crippen LogP contribution in [0, 0.1) is 16.7 Å². The molecule has 0 aliphatic carbocycles. The molecule has 0 saturated carbocycles. The Morgan fingerprint density at radius 1 is 1.06 bits per heavy atom. The number of benzene rings is 2. The lowest BCUT2D eigenvalue weighted by Crippen LogP contribution is -2.44. The maximum absolute atomic E-state index is 13.5. The first-order valence-electron chi connectivity index (χ1n) is 11.2. The van der Waals surface area contributed by atoms with E-state index in [1.807, 2.05) is 51.1 Å². The number of hydrogen-bond donors (Lipinski definition) is 1. The third-order valence-electron chi connectivity index (χ3n) is 5.95. The summed E-state index contributed by atoms with van der Waals surface area (Å²) < 4.78 is 5.81. The van der Waals surface area contributed by atoms with Crippen molar-refractivity contribution >= 4 is 29.2 Å². The second kappa shape index (κ2) is 9.29. The molecular formula is C27H32Cl2N2O2. The van der Waals surface area contributed by atoms with E-state index in [0.717, 1.165) is 11.1 Å². The predicted octanol–water partition coefficient (Wildman–Crippen LogP) is 6.66. The number of carbonyl (C=O) groups excluding carboxylic acids is 1. The maximum atomic E-state index is 13.5. The van der Waals surface area contributed by atoms with Crippen LogP contribution in [0.4, 0.5) is 0 Å². The molecule has 1 fully saturated rings. The van der Waals surface area contributed by atoms with E-state index in [0.29, 0.717) is 16.5 Å². The monoisotopic (exact) mass is 486 g/mol. The van der Waals surface area contributed by atoms with Gasteiger partial charge in [0.1, 0.15) is 17.1 Å². The second-order valence-electron chi connectivity index (χ2n) is 11.0. The summed E-state index contributed by atoms with van der Waals surface area (Å²) in [6, 6.07) is 16.4. The standard InChI is InChI=1S/C27H32Cl2N2O2/c1-25(2,3)15-21-27(16-30,18-10-12-19(28)13-11-18)22(17-8-7-9-20(29)14-17)23(31-21)24(32)33-26(4,5)6/h7-14,21-23,31H,15H2,1-6H3/t21-,22-,23+,27-/m0/s1. The van der Waals surface area contributed by atoms with Crippen LogP contribution in [0.1, 0.15) is 65.0 Å². The molecule has 1 aliphatic rings. The van der Waals surface area contributed by atoms with Crippen molar-refractivity contribution < 1.29 is 9.53 Å². The Morgan fingerprint density at radius 2 is 1.70 bits per heavy atom. The summed E-state index contributed by atoms with van der Waals surface area (Å²) in [6.07, 6.45) is 0.680. The van der Waals surface area contributed by atoms with Crippen molar-refractivity contribution in [2.75, 3.05) is 0 Å². The van der Waals surface area contributed by atoms with Gasteiger partial charge in [-0.3, -0.25) is 10.1 Å². The Bertz CT molecular complexity index is 1050. The SMILES string of the molecule is CC(C)(C)C[C@@H]1N[C@@H](C(=O)OC(C)(C)C)[C@H](c2cccc(Cl)c2)[C@@]1(C#N)c1ccc(Cl)cc1. The average Bonchev–Trinajstić information content (AvgIpc) is 3.00. The molecule has 3 rings (SSSR count). The van der Waals surface area contributed by atoms with Crippen LogP contribution in [0.3, 0.4) is 0 Å². The number of carbonyl (C=O) groups is 1. The van der Waals surface area contributed by atoms with Crippen LogP contribution in [0.2, 0.25) is 10.0 Å². The molecule has 6 heteroatoms. The van der Waals surface area contributed by atoms with E-state index in [9.17, 15) is 10.1 Å². The smallest absolute Gasteiger partial charge is 0.324 e. The molecule has 0 spiro atoms. The molecule has 1 saturated heterocycles. The van der Waals surface area contributed by atoms with E-state index in [4.69, 9.17) is 27.9 Å². The van der Waals surface area contributed by atoms with E-state index in [-0.39, 0.29) is 17.4 Å². The summed E-state index contributed by atoms with van der Waals surface area (Å²) in [5, 5.41) is 15.5. The topological polar surface area (TPSA) is 62.1 Å². The summed E-state index contributed by atoms with van der Waals surface area (Å²) in [7, 11) is 0. The van der Waals surface area contributed by atoms with Gasteiger partial charge in [-0.25, -0.2) is 0 Å². The van der Waals surface area contributed by atoms with Gasteiger partial charge in [-0.05, 0) is 68.0 Å². The van der Waals surface area contributed by atoms with Gasteiger partial charge in [0.15, 0.2) is 0 Å². The van der Waals surface area contributed by atoms with Gasteiger partial charge in [-0.1, -0.05) is 68.2 Å². The number of esters is 1. The Kier molecular flexibility index (Phi) is 7.20. The Morgan fingerprint density at radius 3 is 2.21 bits per heavy atom. The third-order valence-corrected chi connectivity index (χ3v) is 6.43. The summed E-state index contributed by atoms with van der Waals surface area (Å²) in [5.41, 5.74) is -0.154. The highest BCUT2D eigenvalue weighted by Crippen LogP contribution is 2.51. The number of nitriles is 1. The first-order valence-corrected chi connectivity index (χ1v) is 11.9. The van der Waals surface area contributed by atoms with Crippen molar-refractivity contribution in [3.05, 3.63) is 69.7 Å². The van der Waals surface area contributed by atoms with Crippen molar-refractivity contribution in [2.24, 2.45) is 5.41 Å². The average molecular weight is 487 g/mol. The van der Waals surface area contributed by atoms with E-state index < -0.39 is 23.0 Å². The largest absolute Gasteiger partial charge is 0.459 e. The van der Waals surface area contributed by atoms with Gasteiger partial charge in [-0.15, -0.1) is 0 Å². The molecule has 4 nitrogen and oxygen atoms in total. The van der Waals surface area contributed by atoms with Crippen molar-refractivity contribution in [3.63, 3.8) is 0 Å². The molecule has 2 aromatic rings. The lowest BCUT2D eigenvalue weighted by atomic mass is 9.63. The van der Waals surface area contributed by atoms with Crippen LogP contribution in [0.25, 0.3) is 0 Å². The van der Waals surface area contributed by atoms with Gasteiger partial charge in [0.2, 0.25) is 0 Å². The molecular weight excluding hydrogens is 455 g/mol. The van der Waals surface area contributed by atoms with Gasteiger partial charge < -0.3 is 4.74 Å². The Balaban J connectivity index is 2.27. The van der Waals surface area contributed by atoms with Gasteiger partial charge in [0.05, 0.1) is 6.07 Å². The van der Waals surface area contributed by atoms with Crippen molar-refractivity contribution in [1.82, 2.24) is 5.32 Å². The predicted molar refractivity (Wildman–Crippen MR) is 134 cm³/mol. The van der Waals surface area contributed by atoms with Crippen molar-refractivity contribution in [2.45, 2.75) is 77.0 Å². The van der Waals surface area contributed by atoms with Gasteiger partial charge in [0.25, 0.3) is 0 Å². The molecule has 4 atom stereocenters. The van der Waals surface area contributed by atoms with Crippen LogP contribution in [-0.2, 0) is 14.9 Å². The minimum absolute atomic E-state index is 0.0894. The maximum Gasteiger partial charge on any atom is 0.324 e. The van der Waals surface area contributed by atoms with E-state index in [1.165, 1.54) is 0 Å². The van der Waals surface area contributed by atoms with Crippen molar-refractivity contribution in [3.8, 4) is 6.07 Å². The molecule has 0 radical (unpaired) electrons. The van der Waals surface area contributed by atoms with Gasteiger partial charge >= 0.3 is 5.97 Å². The van der Waals surface area contributed by atoms with E-state index in [2.05, 4.69) is 32.2 Å². The number of halogens is 2. The summed E-state index contributed by atoms with van der Waals surface area (Å²) >= 11 is 12.6. The Hall–Kier alpha value is -2.06.